The number of benzene rings is 2. The van der Waals surface area contributed by atoms with E-state index in [9.17, 15) is 17.6 Å². The van der Waals surface area contributed by atoms with Crippen molar-refractivity contribution < 1.29 is 22.3 Å². The Labute approximate surface area is 138 Å². The fourth-order valence-electron chi connectivity index (χ4n) is 1.71. The predicted molar refractivity (Wildman–Crippen MR) is 83.7 cm³/mol. The molecule has 0 aliphatic heterocycles. The van der Waals surface area contributed by atoms with Crippen LogP contribution in [0.25, 0.3) is 0 Å². The normalized spacial score (nSPS) is 11.5. The lowest BCUT2D eigenvalue weighted by Gasteiger charge is -2.13. The van der Waals surface area contributed by atoms with Crippen molar-refractivity contribution in [1.29, 1.82) is 0 Å². The summed E-state index contributed by atoms with van der Waals surface area (Å²) in [5, 5.41) is 0.00375. The Hall–Kier alpha value is -1.96. The fraction of sp³-hybridized carbons (Fsp3) is 0.133. The molecule has 0 unspecified atom stereocenters. The summed E-state index contributed by atoms with van der Waals surface area (Å²) in [4.78, 5) is 12.0. The number of rotatable bonds is 4. The van der Waals surface area contributed by atoms with Crippen LogP contribution in [0.5, 0.6) is 5.75 Å². The Morgan fingerprint density at radius 2 is 1.83 bits per heavy atom. The van der Waals surface area contributed by atoms with Gasteiger partial charge in [0.2, 0.25) is 10.0 Å². The second-order valence-corrected chi connectivity index (χ2v) is 7.31. The summed E-state index contributed by atoms with van der Waals surface area (Å²) >= 11 is 5.92. The molecule has 122 valence electrons. The molecule has 0 fully saturated rings. The third-order valence-corrected chi connectivity index (χ3v) is 5.12. The van der Waals surface area contributed by atoms with Gasteiger partial charge in [0.1, 0.15) is 0 Å². The van der Waals surface area contributed by atoms with E-state index in [-0.39, 0.29) is 21.2 Å². The second-order valence-electron chi connectivity index (χ2n) is 4.75. The zero-order chi connectivity index (χ0) is 17.2. The van der Waals surface area contributed by atoms with Crippen LogP contribution in [0.3, 0.4) is 0 Å². The van der Waals surface area contributed by atoms with Crippen LogP contribution >= 0.6 is 11.6 Å². The first-order chi connectivity index (χ1) is 10.7. The number of ether oxygens (including phenoxy) is 1. The molecular weight excluding hydrogens is 345 g/mol. The maximum atomic E-state index is 13.5. The minimum Gasteiger partial charge on any atom is -0.420 e. The van der Waals surface area contributed by atoms with Crippen LogP contribution in [0.1, 0.15) is 10.4 Å². The van der Waals surface area contributed by atoms with Crippen LogP contribution in [-0.2, 0) is 10.0 Å². The Morgan fingerprint density at radius 1 is 1.17 bits per heavy atom. The standard InChI is InChI=1S/C15H13ClFNO4S/c1-18(2)23(20,21)10-7-8-12(16)11(9-10)15(19)22-14-6-4-3-5-13(14)17/h3-9H,1-2H3. The van der Waals surface area contributed by atoms with E-state index in [1.807, 2.05) is 0 Å². The summed E-state index contributed by atoms with van der Waals surface area (Å²) in [5.41, 5.74) is -0.169. The average Bonchev–Trinajstić information content (AvgIpc) is 2.49. The quantitative estimate of drug-likeness (QED) is 0.623. The van der Waals surface area contributed by atoms with Crippen LogP contribution in [0.4, 0.5) is 4.39 Å². The number of carbonyl (C=O) groups excluding carboxylic acids is 1. The first-order valence-corrected chi connectivity index (χ1v) is 8.24. The maximum absolute atomic E-state index is 13.5. The lowest BCUT2D eigenvalue weighted by Crippen LogP contribution is -2.22. The third kappa shape index (κ3) is 3.69. The average molecular weight is 358 g/mol. The molecule has 0 saturated heterocycles. The number of esters is 1. The molecule has 0 spiro atoms. The van der Waals surface area contributed by atoms with Crippen molar-refractivity contribution in [2.24, 2.45) is 0 Å². The highest BCUT2D eigenvalue weighted by Crippen LogP contribution is 2.24. The Kier molecular flexibility index (Phi) is 5.03. The first-order valence-electron chi connectivity index (χ1n) is 6.42. The molecule has 2 aromatic rings. The van der Waals surface area contributed by atoms with E-state index in [2.05, 4.69) is 0 Å². The van der Waals surface area contributed by atoms with Gasteiger partial charge in [0.25, 0.3) is 0 Å². The summed E-state index contributed by atoms with van der Waals surface area (Å²) < 4.78 is 43.7. The van der Waals surface area contributed by atoms with Crippen molar-refractivity contribution in [3.05, 3.63) is 58.9 Å². The molecule has 0 radical (unpaired) electrons. The molecule has 2 aromatic carbocycles. The number of hydrogen-bond donors (Lipinski definition) is 0. The van der Waals surface area contributed by atoms with Crippen molar-refractivity contribution in [2.75, 3.05) is 14.1 Å². The smallest absolute Gasteiger partial charge is 0.345 e. The van der Waals surface area contributed by atoms with Gasteiger partial charge in [0.05, 0.1) is 15.5 Å². The lowest BCUT2D eigenvalue weighted by molar-refractivity contribution is 0.0728. The molecule has 0 amide bonds. The molecule has 8 heteroatoms. The molecule has 0 heterocycles. The molecular formula is C15H13ClFNO4S. The Balaban J connectivity index is 2.40. The predicted octanol–water partition coefficient (Wildman–Crippen LogP) is 2.95. The summed E-state index contributed by atoms with van der Waals surface area (Å²) in [7, 11) is -1.01. The van der Waals surface area contributed by atoms with Gasteiger partial charge in [-0.15, -0.1) is 0 Å². The molecule has 23 heavy (non-hydrogen) atoms. The van der Waals surface area contributed by atoms with E-state index in [0.717, 1.165) is 16.4 Å². The zero-order valence-corrected chi connectivity index (χ0v) is 13.9. The molecule has 0 saturated carbocycles. The molecule has 0 N–H and O–H groups in total. The SMILES string of the molecule is CN(C)S(=O)(=O)c1ccc(Cl)c(C(=O)Oc2ccccc2F)c1. The van der Waals surface area contributed by atoms with Gasteiger partial charge in [-0.3, -0.25) is 0 Å². The maximum Gasteiger partial charge on any atom is 0.345 e. The number of sulfonamides is 1. The van der Waals surface area contributed by atoms with Crippen LogP contribution in [0.15, 0.2) is 47.4 Å². The lowest BCUT2D eigenvalue weighted by atomic mass is 10.2. The van der Waals surface area contributed by atoms with Gasteiger partial charge in [0.15, 0.2) is 11.6 Å². The van der Waals surface area contributed by atoms with E-state index in [1.165, 1.54) is 44.4 Å². The first kappa shape index (κ1) is 17.4. The van der Waals surface area contributed by atoms with Crippen LogP contribution in [-0.4, -0.2) is 32.8 Å². The highest BCUT2D eigenvalue weighted by molar-refractivity contribution is 7.89. The van der Waals surface area contributed by atoms with Crippen molar-refractivity contribution >= 4 is 27.6 Å². The van der Waals surface area contributed by atoms with E-state index in [1.54, 1.807) is 0 Å². The minimum absolute atomic E-state index is 0.00375. The highest BCUT2D eigenvalue weighted by Gasteiger charge is 2.22. The van der Waals surface area contributed by atoms with Gasteiger partial charge in [-0.1, -0.05) is 23.7 Å². The molecule has 0 aliphatic rings. The van der Waals surface area contributed by atoms with Gasteiger partial charge >= 0.3 is 5.97 Å². The van der Waals surface area contributed by atoms with Crippen LogP contribution < -0.4 is 4.74 Å². The fourth-order valence-corrected chi connectivity index (χ4v) is 2.84. The minimum atomic E-state index is -3.74. The van der Waals surface area contributed by atoms with Gasteiger partial charge in [-0.05, 0) is 30.3 Å². The number of hydrogen-bond acceptors (Lipinski definition) is 4. The number of nitrogens with zero attached hydrogens (tertiary/aromatic N) is 1. The number of halogens is 2. The van der Waals surface area contributed by atoms with Crippen LogP contribution in [0, 0.1) is 5.82 Å². The summed E-state index contributed by atoms with van der Waals surface area (Å²) in [6, 6.07) is 9.01. The molecule has 0 bridgehead atoms. The van der Waals surface area contributed by atoms with E-state index in [4.69, 9.17) is 16.3 Å². The number of carbonyl (C=O) groups is 1. The summed E-state index contributed by atoms with van der Waals surface area (Å²) in [6.07, 6.45) is 0. The van der Waals surface area contributed by atoms with E-state index < -0.39 is 21.8 Å². The van der Waals surface area contributed by atoms with Gasteiger partial charge in [-0.25, -0.2) is 21.9 Å². The summed E-state index contributed by atoms with van der Waals surface area (Å²) in [6.45, 7) is 0. The topological polar surface area (TPSA) is 63.7 Å². The van der Waals surface area contributed by atoms with E-state index in [0.29, 0.717) is 0 Å². The summed E-state index contributed by atoms with van der Waals surface area (Å²) in [5.74, 6) is -1.93. The Morgan fingerprint density at radius 3 is 2.43 bits per heavy atom. The van der Waals surface area contributed by atoms with Gasteiger partial charge in [0, 0.05) is 14.1 Å². The molecule has 0 aromatic heterocycles. The van der Waals surface area contributed by atoms with Gasteiger partial charge < -0.3 is 4.74 Å². The zero-order valence-electron chi connectivity index (χ0n) is 12.3. The van der Waals surface area contributed by atoms with Crippen molar-refractivity contribution in [2.45, 2.75) is 4.90 Å². The van der Waals surface area contributed by atoms with Gasteiger partial charge in [-0.2, -0.15) is 0 Å². The van der Waals surface area contributed by atoms with Crippen molar-refractivity contribution in [1.82, 2.24) is 4.31 Å². The second kappa shape index (κ2) is 6.66. The molecule has 2 rings (SSSR count). The monoisotopic (exact) mass is 357 g/mol. The van der Waals surface area contributed by atoms with Crippen molar-refractivity contribution in [3.63, 3.8) is 0 Å². The number of para-hydroxylation sites is 1. The molecule has 0 atom stereocenters. The van der Waals surface area contributed by atoms with Crippen molar-refractivity contribution in [3.8, 4) is 5.75 Å². The highest BCUT2D eigenvalue weighted by atomic mass is 35.5. The Bertz CT molecular complexity index is 852. The van der Waals surface area contributed by atoms with E-state index >= 15 is 0 Å². The largest absolute Gasteiger partial charge is 0.420 e. The van der Waals surface area contributed by atoms with Crippen LogP contribution in [0.2, 0.25) is 5.02 Å². The third-order valence-electron chi connectivity index (χ3n) is 2.98. The molecule has 5 nitrogen and oxygen atoms in total. The molecule has 0 aliphatic carbocycles.